The number of nitrogens with two attached hydrogens (primary N) is 1. The summed E-state index contributed by atoms with van der Waals surface area (Å²) in [6.45, 7) is 3.86. The summed E-state index contributed by atoms with van der Waals surface area (Å²) in [5.74, 6) is 0.998. The SMILES string of the molecule is CCCCc1nc2c(N)nc3ccccc3c2n1CCCCNC(=O)CCC(NC=O)C(=O)NCCc1c[nH]c2ccccc12. The van der Waals surface area contributed by atoms with E-state index in [0.717, 1.165) is 82.9 Å². The molecule has 3 heterocycles. The first-order valence-electron chi connectivity index (χ1n) is 15.8. The highest BCUT2D eigenvalue weighted by atomic mass is 16.2. The Hall–Kier alpha value is -4.93. The summed E-state index contributed by atoms with van der Waals surface area (Å²) in [5, 5.41) is 10.6. The summed E-state index contributed by atoms with van der Waals surface area (Å²) in [5.41, 5.74) is 11.1. The largest absolute Gasteiger partial charge is 0.382 e. The minimum absolute atomic E-state index is 0.132. The van der Waals surface area contributed by atoms with Crippen LogP contribution in [0.5, 0.6) is 0 Å². The monoisotopic (exact) mass is 610 g/mol. The maximum atomic E-state index is 12.7. The number of hydrogen-bond donors (Lipinski definition) is 5. The predicted octanol–water partition coefficient (Wildman–Crippen LogP) is 4.14. The highest BCUT2D eigenvalue weighted by Gasteiger charge is 2.19. The lowest BCUT2D eigenvalue weighted by Crippen LogP contribution is -2.45. The smallest absolute Gasteiger partial charge is 0.242 e. The fourth-order valence-corrected chi connectivity index (χ4v) is 5.81. The molecule has 6 N–H and O–H groups in total. The van der Waals surface area contributed by atoms with E-state index in [2.05, 4.69) is 43.5 Å². The van der Waals surface area contributed by atoms with Crippen LogP contribution < -0.4 is 21.7 Å². The number of nitrogens with one attached hydrogen (secondary N) is 4. The molecule has 3 aromatic heterocycles. The van der Waals surface area contributed by atoms with Gasteiger partial charge in [-0.1, -0.05) is 49.7 Å². The number of rotatable bonds is 17. The highest BCUT2D eigenvalue weighted by molar-refractivity contribution is 6.06. The molecule has 236 valence electrons. The maximum absolute atomic E-state index is 12.7. The number of carbonyl (C=O) groups excluding carboxylic acids is 3. The average Bonchev–Trinajstić information content (AvgIpc) is 3.63. The van der Waals surface area contributed by atoms with Crippen molar-refractivity contribution in [3.63, 3.8) is 0 Å². The van der Waals surface area contributed by atoms with Crippen LogP contribution in [0.25, 0.3) is 32.8 Å². The second kappa shape index (κ2) is 15.2. The van der Waals surface area contributed by atoms with Crippen molar-refractivity contribution in [1.29, 1.82) is 0 Å². The number of aryl methyl sites for hydroxylation is 2. The molecule has 2 aromatic carbocycles. The quantitative estimate of drug-likeness (QED) is 0.0786. The molecule has 0 radical (unpaired) electrons. The van der Waals surface area contributed by atoms with E-state index >= 15 is 0 Å². The normalized spacial score (nSPS) is 12.0. The van der Waals surface area contributed by atoms with Gasteiger partial charge in [-0.3, -0.25) is 14.4 Å². The van der Waals surface area contributed by atoms with Crippen molar-refractivity contribution < 1.29 is 14.4 Å². The number of unbranched alkanes of at least 4 members (excludes halogenated alkanes) is 2. The Morgan fingerprint density at radius 3 is 2.60 bits per heavy atom. The van der Waals surface area contributed by atoms with Crippen molar-refractivity contribution in [3.8, 4) is 0 Å². The zero-order chi connectivity index (χ0) is 31.6. The van der Waals surface area contributed by atoms with Gasteiger partial charge in [0.15, 0.2) is 5.82 Å². The molecule has 0 saturated carbocycles. The lowest BCUT2D eigenvalue weighted by Gasteiger charge is -2.16. The van der Waals surface area contributed by atoms with Crippen LogP contribution in [0.1, 0.15) is 56.8 Å². The fraction of sp³-hybridized carbons (Fsp3) is 0.382. The van der Waals surface area contributed by atoms with Crippen LogP contribution in [0, 0.1) is 0 Å². The number of nitrogens with zero attached hydrogens (tertiary/aromatic N) is 3. The zero-order valence-electron chi connectivity index (χ0n) is 25.8. The number of nitrogen functional groups attached to an aromatic ring is 1. The molecule has 0 aliphatic carbocycles. The van der Waals surface area contributed by atoms with Crippen molar-refractivity contribution in [2.75, 3.05) is 18.8 Å². The summed E-state index contributed by atoms with van der Waals surface area (Å²) in [6, 6.07) is 15.2. The van der Waals surface area contributed by atoms with Gasteiger partial charge < -0.3 is 31.2 Å². The van der Waals surface area contributed by atoms with Crippen LogP contribution in [-0.2, 0) is 33.8 Å². The first kappa shape index (κ1) is 31.5. The van der Waals surface area contributed by atoms with Crippen molar-refractivity contribution in [1.82, 2.24) is 35.5 Å². The second-order valence-corrected chi connectivity index (χ2v) is 11.3. The van der Waals surface area contributed by atoms with Gasteiger partial charge in [-0.15, -0.1) is 0 Å². The van der Waals surface area contributed by atoms with Crippen molar-refractivity contribution in [2.24, 2.45) is 0 Å². The summed E-state index contributed by atoms with van der Waals surface area (Å²) >= 11 is 0. The minimum Gasteiger partial charge on any atom is -0.382 e. The summed E-state index contributed by atoms with van der Waals surface area (Å²) < 4.78 is 2.26. The highest BCUT2D eigenvalue weighted by Crippen LogP contribution is 2.29. The Morgan fingerprint density at radius 2 is 1.78 bits per heavy atom. The van der Waals surface area contributed by atoms with E-state index in [9.17, 15) is 14.4 Å². The van der Waals surface area contributed by atoms with Crippen LogP contribution in [-0.4, -0.2) is 56.9 Å². The average molecular weight is 611 g/mol. The maximum Gasteiger partial charge on any atom is 0.242 e. The minimum atomic E-state index is -0.774. The summed E-state index contributed by atoms with van der Waals surface area (Å²) in [4.78, 5) is 49.2. The number of carbonyl (C=O) groups is 3. The number of fused-ring (bicyclic) bond motifs is 4. The van der Waals surface area contributed by atoms with Crippen LogP contribution >= 0.6 is 0 Å². The van der Waals surface area contributed by atoms with Crippen molar-refractivity contribution >= 4 is 56.9 Å². The van der Waals surface area contributed by atoms with Gasteiger partial charge >= 0.3 is 0 Å². The Balaban J connectivity index is 1.09. The number of imidazole rings is 1. The van der Waals surface area contributed by atoms with E-state index in [-0.39, 0.29) is 24.7 Å². The van der Waals surface area contributed by atoms with Gasteiger partial charge in [-0.25, -0.2) is 9.97 Å². The van der Waals surface area contributed by atoms with Crippen LogP contribution in [0.3, 0.4) is 0 Å². The van der Waals surface area contributed by atoms with Gasteiger partial charge in [0.1, 0.15) is 17.4 Å². The van der Waals surface area contributed by atoms with Crippen LogP contribution in [0.2, 0.25) is 0 Å². The van der Waals surface area contributed by atoms with Gasteiger partial charge in [-0.2, -0.15) is 0 Å². The Morgan fingerprint density at radius 1 is 0.978 bits per heavy atom. The molecule has 1 atom stereocenters. The molecule has 0 aliphatic heterocycles. The molecule has 11 nitrogen and oxygen atoms in total. The topological polar surface area (TPSA) is 160 Å². The molecular formula is C34H42N8O3. The van der Waals surface area contributed by atoms with Crippen LogP contribution in [0.4, 0.5) is 5.82 Å². The molecule has 0 aliphatic rings. The number of anilines is 1. The molecule has 0 spiro atoms. The summed E-state index contributed by atoms with van der Waals surface area (Å²) in [7, 11) is 0. The molecule has 3 amide bonds. The standard InChI is InChI=1S/C34H42N8O3/c1-2-3-14-29-41-31-32(25-11-5-7-13-27(25)40-33(31)35)42(29)20-9-8-18-36-30(44)16-15-28(39-22-43)34(45)37-19-17-23-21-38-26-12-6-4-10-24(23)26/h4-7,10-13,21-22,28,38H,2-3,8-9,14-20H2,1H3,(H2,35,40)(H,36,44)(H,37,45)(H,39,43). The third-order valence-electron chi connectivity index (χ3n) is 8.19. The number of aromatic amines is 1. The lowest BCUT2D eigenvalue weighted by atomic mass is 10.1. The van der Waals surface area contributed by atoms with E-state index in [1.54, 1.807) is 0 Å². The van der Waals surface area contributed by atoms with Gasteiger partial charge in [-0.05, 0) is 49.8 Å². The van der Waals surface area contributed by atoms with E-state index in [0.29, 0.717) is 31.7 Å². The molecule has 0 saturated heterocycles. The Bertz CT molecular complexity index is 1780. The van der Waals surface area contributed by atoms with E-state index < -0.39 is 6.04 Å². The van der Waals surface area contributed by atoms with E-state index in [1.165, 1.54) is 0 Å². The third-order valence-corrected chi connectivity index (χ3v) is 8.19. The van der Waals surface area contributed by atoms with Crippen molar-refractivity contribution in [2.45, 2.75) is 70.9 Å². The van der Waals surface area contributed by atoms with Crippen molar-refractivity contribution in [3.05, 3.63) is 66.1 Å². The number of hydrogen-bond acceptors (Lipinski definition) is 6. The molecule has 0 bridgehead atoms. The Labute approximate surface area is 262 Å². The zero-order valence-corrected chi connectivity index (χ0v) is 25.8. The number of benzene rings is 2. The van der Waals surface area contributed by atoms with Gasteiger partial charge in [0, 0.05) is 55.0 Å². The third kappa shape index (κ3) is 7.60. The predicted molar refractivity (Wildman–Crippen MR) is 178 cm³/mol. The van der Waals surface area contributed by atoms with Gasteiger partial charge in [0.2, 0.25) is 18.2 Å². The molecule has 5 aromatic rings. The number of amides is 3. The first-order chi connectivity index (χ1) is 22.0. The number of pyridine rings is 1. The van der Waals surface area contributed by atoms with Gasteiger partial charge in [0.05, 0.1) is 11.0 Å². The fourth-order valence-electron chi connectivity index (χ4n) is 5.81. The lowest BCUT2D eigenvalue weighted by molar-refractivity contribution is -0.126. The number of H-pyrrole nitrogens is 1. The van der Waals surface area contributed by atoms with Crippen LogP contribution in [0.15, 0.2) is 54.7 Å². The van der Waals surface area contributed by atoms with Gasteiger partial charge in [0.25, 0.3) is 0 Å². The molecule has 0 fully saturated rings. The number of aromatic nitrogens is 4. The summed E-state index contributed by atoms with van der Waals surface area (Å²) in [6.07, 6.45) is 8.04. The Kier molecular flexibility index (Phi) is 10.6. The van der Waals surface area contributed by atoms with E-state index in [1.807, 2.05) is 48.7 Å². The molecule has 11 heteroatoms. The first-order valence-corrected chi connectivity index (χ1v) is 15.8. The molecule has 5 rings (SSSR count). The number of para-hydroxylation sites is 2. The van der Waals surface area contributed by atoms with E-state index in [4.69, 9.17) is 10.7 Å². The molecule has 45 heavy (non-hydrogen) atoms. The molecule has 1 unspecified atom stereocenters. The second-order valence-electron chi connectivity index (χ2n) is 11.3. The molecular weight excluding hydrogens is 568 g/mol.